The van der Waals surface area contributed by atoms with Gasteiger partial charge < -0.3 is 20.6 Å². The molecule has 1 fully saturated rings. The van der Waals surface area contributed by atoms with Crippen LogP contribution in [0.2, 0.25) is 5.02 Å². The second-order valence-electron chi connectivity index (χ2n) is 7.47. The molecule has 32 heavy (non-hydrogen) atoms. The zero-order valence-electron chi connectivity index (χ0n) is 17.7. The summed E-state index contributed by atoms with van der Waals surface area (Å²) in [4.78, 5) is 26.6. The van der Waals surface area contributed by atoms with Crippen LogP contribution in [0, 0.1) is 6.92 Å². The number of anilines is 4. The summed E-state index contributed by atoms with van der Waals surface area (Å²) in [5.74, 6) is 1.31. The van der Waals surface area contributed by atoms with E-state index in [0.29, 0.717) is 33.1 Å². The third-order valence-electron chi connectivity index (χ3n) is 5.27. The number of aryl methyl sites for hydroxylation is 1. The predicted molar refractivity (Wildman–Crippen MR) is 130 cm³/mol. The van der Waals surface area contributed by atoms with E-state index in [-0.39, 0.29) is 12.5 Å². The van der Waals surface area contributed by atoms with Crippen LogP contribution >= 0.6 is 22.9 Å². The Morgan fingerprint density at radius 3 is 2.72 bits per heavy atom. The summed E-state index contributed by atoms with van der Waals surface area (Å²) in [6, 6.07) is 11.3. The minimum Gasteiger partial charge on any atom is -0.395 e. The molecule has 168 valence electrons. The number of amides is 1. The molecule has 1 aromatic carbocycles. The zero-order chi connectivity index (χ0) is 22.5. The molecule has 0 atom stereocenters. The fourth-order valence-electron chi connectivity index (χ4n) is 3.52. The van der Waals surface area contributed by atoms with E-state index in [0.717, 1.165) is 37.6 Å². The SMILES string of the molecule is Cc1cccc(Cl)c1NC(=O)c1cnc(Nc2cccc(N3CCN(CCO)CC3)n2)s1. The van der Waals surface area contributed by atoms with Crippen molar-refractivity contribution >= 4 is 51.3 Å². The molecule has 0 bridgehead atoms. The molecule has 1 saturated heterocycles. The molecule has 0 saturated carbocycles. The molecule has 1 amide bonds. The van der Waals surface area contributed by atoms with Crippen molar-refractivity contribution < 1.29 is 9.90 Å². The van der Waals surface area contributed by atoms with Gasteiger partial charge in [-0.3, -0.25) is 9.69 Å². The Kier molecular flexibility index (Phi) is 7.21. The highest BCUT2D eigenvalue weighted by molar-refractivity contribution is 7.17. The van der Waals surface area contributed by atoms with Gasteiger partial charge in [0.1, 0.15) is 16.5 Å². The number of aliphatic hydroxyl groups is 1. The number of aliphatic hydroxyl groups excluding tert-OH is 1. The van der Waals surface area contributed by atoms with Crippen LogP contribution in [0.15, 0.2) is 42.6 Å². The summed E-state index contributed by atoms with van der Waals surface area (Å²) in [5, 5.41) is 16.2. The molecular weight excluding hydrogens is 448 g/mol. The van der Waals surface area contributed by atoms with E-state index in [1.54, 1.807) is 12.3 Å². The molecule has 8 nitrogen and oxygen atoms in total. The van der Waals surface area contributed by atoms with E-state index in [1.807, 2.05) is 37.3 Å². The number of carbonyl (C=O) groups excluding carboxylic acids is 1. The van der Waals surface area contributed by atoms with Crippen molar-refractivity contribution in [2.24, 2.45) is 0 Å². The molecule has 3 heterocycles. The number of rotatable bonds is 7. The van der Waals surface area contributed by atoms with E-state index >= 15 is 0 Å². The lowest BCUT2D eigenvalue weighted by molar-refractivity contribution is 0.103. The molecule has 4 rings (SSSR count). The maximum Gasteiger partial charge on any atom is 0.267 e. The lowest BCUT2D eigenvalue weighted by atomic mass is 10.2. The van der Waals surface area contributed by atoms with Crippen molar-refractivity contribution in [3.05, 3.63) is 58.1 Å². The highest BCUT2D eigenvalue weighted by atomic mass is 35.5. The quantitative estimate of drug-likeness (QED) is 0.483. The Hall–Kier alpha value is -2.72. The van der Waals surface area contributed by atoms with Gasteiger partial charge in [-0.1, -0.05) is 41.1 Å². The fraction of sp³-hybridized carbons (Fsp3) is 0.318. The molecule has 0 aliphatic carbocycles. The number of carbonyl (C=O) groups is 1. The monoisotopic (exact) mass is 472 g/mol. The summed E-state index contributed by atoms with van der Waals surface area (Å²) in [7, 11) is 0. The van der Waals surface area contributed by atoms with Crippen molar-refractivity contribution in [1.82, 2.24) is 14.9 Å². The number of benzene rings is 1. The largest absolute Gasteiger partial charge is 0.395 e. The smallest absolute Gasteiger partial charge is 0.267 e. The standard InChI is InChI=1S/C22H25ClN6O2S/c1-15-4-2-5-16(23)20(15)27-21(31)17-14-24-22(32-17)26-18-6-3-7-19(25-18)29-10-8-28(9-11-29)12-13-30/h2-7,14,30H,8-13H2,1H3,(H,27,31)(H,24,25,26). The van der Waals surface area contributed by atoms with Gasteiger partial charge in [-0.15, -0.1) is 0 Å². The first-order valence-corrected chi connectivity index (χ1v) is 11.6. The number of nitrogens with one attached hydrogen (secondary N) is 2. The van der Waals surface area contributed by atoms with Crippen molar-refractivity contribution in [1.29, 1.82) is 0 Å². The number of para-hydroxylation sites is 1. The first kappa shape index (κ1) is 22.5. The molecule has 0 radical (unpaired) electrons. The third kappa shape index (κ3) is 5.36. The summed E-state index contributed by atoms with van der Waals surface area (Å²) >= 11 is 7.46. The number of nitrogens with zero attached hydrogens (tertiary/aromatic N) is 4. The van der Waals surface area contributed by atoms with E-state index in [1.165, 1.54) is 11.3 Å². The first-order chi connectivity index (χ1) is 15.5. The zero-order valence-corrected chi connectivity index (χ0v) is 19.3. The topological polar surface area (TPSA) is 93.6 Å². The summed E-state index contributed by atoms with van der Waals surface area (Å²) < 4.78 is 0. The van der Waals surface area contributed by atoms with Crippen molar-refractivity contribution in [3.63, 3.8) is 0 Å². The summed E-state index contributed by atoms with van der Waals surface area (Å²) in [6.45, 7) is 6.30. The lowest BCUT2D eigenvalue weighted by Crippen LogP contribution is -2.47. The number of aromatic nitrogens is 2. The lowest BCUT2D eigenvalue weighted by Gasteiger charge is -2.35. The third-order valence-corrected chi connectivity index (χ3v) is 6.50. The van der Waals surface area contributed by atoms with Gasteiger partial charge in [0.2, 0.25) is 0 Å². The van der Waals surface area contributed by atoms with Crippen molar-refractivity contribution in [3.8, 4) is 0 Å². The Bertz CT molecular complexity index is 1060. The van der Waals surface area contributed by atoms with Crippen LogP contribution in [-0.4, -0.2) is 65.2 Å². The molecule has 1 aliphatic rings. The van der Waals surface area contributed by atoms with Gasteiger partial charge in [0.15, 0.2) is 5.13 Å². The Labute approximate surface area is 195 Å². The van der Waals surface area contributed by atoms with Crippen LogP contribution in [0.5, 0.6) is 0 Å². The molecule has 0 spiro atoms. The van der Waals surface area contributed by atoms with Gasteiger partial charge >= 0.3 is 0 Å². The molecule has 0 unspecified atom stereocenters. The molecule has 3 aromatic rings. The number of piperazine rings is 1. The van der Waals surface area contributed by atoms with Crippen molar-refractivity contribution in [2.45, 2.75) is 6.92 Å². The van der Waals surface area contributed by atoms with Crippen LogP contribution in [-0.2, 0) is 0 Å². The molecular formula is C22H25ClN6O2S. The number of thiazole rings is 1. The first-order valence-electron chi connectivity index (χ1n) is 10.4. The maximum absolute atomic E-state index is 12.6. The number of hydrogen-bond acceptors (Lipinski definition) is 8. The fourth-order valence-corrected chi connectivity index (χ4v) is 4.51. The number of halogens is 1. The second-order valence-corrected chi connectivity index (χ2v) is 8.91. The maximum atomic E-state index is 12.6. The van der Waals surface area contributed by atoms with Crippen LogP contribution < -0.4 is 15.5 Å². The van der Waals surface area contributed by atoms with Crippen LogP contribution in [0.4, 0.5) is 22.5 Å². The molecule has 2 aromatic heterocycles. The van der Waals surface area contributed by atoms with E-state index < -0.39 is 0 Å². The minimum absolute atomic E-state index is 0.184. The van der Waals surface area contributed by atoms with Gasteiger partial charge in [-0.25, -0.2) is 9.97 Å². The Morgan fingerprint density at radius 2 is 1.97 bits per heavy atom. The average Bonchev–Trinajstić information content (AvgIpc) is 3.26. The van der Waals surface area contributed by atoms with Gasteiger partial charge in [-0.05, 0) is 30.7 Å². The molecule has 10 heteroatoms. The van der Waals surface area contributed by atoms with Gasteiger partial charge in [0.25, 0.3) is 5.91 Å². The number of hydrogen-bond donors (Lipinski definition) is 3. The van der Waals surface area contributed by atoms with E-state index in [2.05, 4.69) is 25.4 Å². The summed E-state index contributed by atoms with van der Waals surface area (Å²) in [5.41, 5.74) is 1.50. The highest BCUT2D eigenvalue weighted by Crippen LogP contribution is 2.28. The molecule has 1 aliphatic heterocycles. The van der Waals surface area contributed by atoms with Crippen molar-refractivity contribution in [2.75, 3.05) is 54.9 Å². The Balaban J connectivity index is 1.39. The molecule has 3 N–H and O–H groups in total. The second kappa shape index (κ2) is 10.3. The van der Waals surface area contributed by atoms with Gasteiger partial charge in [0.05, 0.1) is 23.5 Å². The van der Waals surface area contributed by atoms with Crippen LogP contribution in [0.1, 0.15) is 15.2 Å². The highest BCUT2D eigenvalue weighted by Gasteiger charge is 2.18. The summed E-state index contributed by atoms with van der Waals surface area (Å²) in [6.07, 6.45) is 1.54. The number of pyridine rings is 1. The van der Waals surface area contributed by atoms with E-state index in [4.69, 9.17) is 21.7 Å². The van der Waals surface area contributed by atoms with Gasteiger partial charge in [-0.2, -0.15) is 0 Å². The van der Waals surface area contributed by atoms with Crippen LogP contribution in [0.3, 0.4) is 0 Å². The minimum atomic E-state index is -0.255. The van der Waals surface area contributed by atoms with Gasteiger partial charge in [0, 0.05) is 32.7 Å². The predicted octanol–water partition coefficient (Wildman–Crippen LogP) is 3.61. The normalized spacial score (nSPS) is 14.4. The van der Waals surface area contributed by atoms with E-state index in [9.17, 15) is 4.79 Å². The Morgan fingerprint density at radius 1 is 1.19 bits per heavy atom. The number of β-amino-alcohol motifs (C(OH)–C–C–N with tert-alkyl or cyclic N) is 1. The average molecular weight is 473 g/mol. The van der Waals surface area contributed by atoms with Crippen LogP contribution in [0.25, 0.3) is 0 Å².